The molecule has 2 aromatic rings. The molecule has 0 aliphatic carbocycles. The highest BCUT2D eigenvalue weighted by Gasteiger charge is 2.25. The van der Waals surface area contributed by atoms with E-state index in [1.165, 1.54) is 16.0 Å². The van der Waals surface area contributed by atoms with Crippen molar-refractivity contribution in [1.29, 1.82) is 0 Å². The lowest BCUT2D eigenvalue weighted by atomic mass is 10.0. The molecular weight excluding hydrogens is 445 g/mol. The molecule has 6 heteroatoms. The van der Waals surface area contributed by atoms with Gasteiger partial charge in [0.05, 0.1) is 19.7 Å². The molecule has 0 saturated carbocycles. The molecule has 4 nitrogen and oxygen atoms in total. The Balaban J connectivity index is 0.00000225. The summed E-state index contributed by atoms with van der Waals surface area (Å²) in [5, 5.41) is 5.52. The Kier molecular flexibility index (Phi) is 8.18. The first-order chi connectivity index (χ1) is 11.8. The maximum Gasteiger partial charge on any atom is 0.194 e. The molecule has 0 radical (unpaired) electrons. The first kappa shape index (κ1) is 20.2. The number of aryl methyl sites for hydroxylation is 1. The number of aliphatic imine (C=N–C) groups is 1. The highest BCUT2D eigenvalue weighted by Crippen LogP contribution is 2.25. The first-order valence-corrected chi connectivity index (χ1v) is 9.38. The van der Waals surface area contributed by atoms with Crippen LogP contribution in [0.1, 0.15) is 29.0 Å². The number of thiophene rings is 1. The van der Waals surface area contributed by atoms with E-state index < -0.39 is 0 Å². The Labute approximate surface area is 171 Å². The minimum Gasteiger partial charge on any atom is -0.370 e. The number of guanidine groups is 1. The van der Waals surface area contributed by atoms with Crippen molar-refractivity contribution in [2.24, 2.45) is 4.99 Å². The van der Waals surface area contributed by atoms with E-state index in [-0.39, 0.29) is 30.1 Å². The van der Waals surface area contributed by atoms with Gasteiger partial charge in [0.15, 0.2) is 5.96 Å². The van der Waals surface area contributed by atoms with Crippen LogP contribution >= 0.6 is 35.3 Å². The highest BCUT2D eigenvalue weighted by atomic mass is 127. The van der Waals surface area contributed by atoms with Gasteiger partial charge in [0, 0.05) is 18.0 Å². The normalized spacial score (nSPS) is 17.9. The minimum atomic E-state index is 0. The second kappa shape index (κ2) is 10.1. The van der Waals surface area contributed by atoms with Crippen molar-refractivity contribution < 1.29 is 4.74 Å². The lowest BCUT2D eigenvalue weighted by molar-refractivity contribution is -0.00833. The maximum absolute atomic E-state index is 6.03. The summed E-state index contributed by atoms with van der Waals surface area (Å²) in [5.74, 6) is 0.979. The molecule has 25 heavy (non-hydrogen) atoms. The monoisotopic (exact) mass is 471 g/mol. The Morgan fingerprint density at radius 3 is 2.88 bits per heavy atom. The molecule has 1 N–H and O–H groups in total. The van der Waals surface area contributed by atoms with E-state index in [1.807, 2.05) is 0 Å². The smallest absolute Gasteiger partial charge is 0.194 e. The molecule has 1 aliphatic heterocycles. The van der Waals surface area contributed by atoms with E-state index in [2.05, 4.69) is 65.8 Å². The highest BCUT2D eigenvalue weighted by molar-refractivity contribution is 14.0. The fraction of sp³-hybridized carbons (Fsp3) is 0.421. The van der Waals surface area contributed by atoms with E-state index in [1.54, 1.807) is 11.3 Å². The van der Waals surface area contributed by atoms with Gasteiger partial charge in [-0.3, -0.25) is 0 Å². The number of hydrogen-bond acceptors (Lipinski definition) is 3. The second-order valence-electron chi connectivity index (χ2n) is 5.91. The number of halogens is 1. The third kappa shape index (κ3) is 5.43. The summed E-state index contributed by atoms with van der Waals surface area (Å²) in [6, 6.07) is 12.7. The van der Waals surface area contributed by atoms with Gasteiger partial charge in [-0.2, -0.15) is 0 Å². The van der Waals surface area contributed by atoms with Gasteiger partial charge in [-0.05, 0) is 36.4 Å². The number of rotatable bonds is 4. The van der Waals surface area contributed by atoms with Gasteiger partial charge in [-0.25, -0.2) is 4.99 Å². The SMILES string of the molecule is CCNC(=NCc1cccs1)N1CCOC(c2ccccc2C)C1.I. The van der Waals surface area contributed by atoms with E-state index in [0.717, 1.165) is 38.7 Å². The molecule has 0 spiro atoms. The van der Waals surface area contributed by atoms with Gasteiger partial charge >= 0.3 is 0 Å². The zero-order valence-electron chi connectivity index (χ0n) is 14.8. The van der Waals surface area contributed by atoms with Crippen LogP contribution < -0.4 is 5.32 Å². The summed E-state index contributed by atoms with van der Waals surface area (Å²) in [7, 11) is 0. The Bertz CT molecular complexity index is 675. The van der Waals surface area contributed by atoms with Crippen LogP contribution in [0.15, 0.2) is 46.8 Å². The number of morpholine rings is 1. The Hall–Kier alpha value is -1.12. The summed E-state index contributed by atoms with van der Waals surface area (Å²) in [6.45, 7) is 8.29. The molecule has 1 aromatic carbocycles. The molecule has 0 bridgehead atoms. The van der Waals surface area contributed by atoms with Gasteiger partial charge in [0.25, 0.3) is 0 Å². The molecule has 1 aliphatic rings. The van der Waals surface area contributed by atoms with Crippen LogP contribution in [0.3, 0.4) is 0 Å². The van der Waals surface area contributed by atoms with Crippen LogP contribution in [0.25, 0.3) is 0 Å². The van der Waals surface area contributed by atoms with Crippen molar-refractivity contribution in [3.8, 4) is 0 Å². The molecule has 1 unspecified atom stereocenters. The largest absolute Gasteiger partial charge is 0.370 e. The van der Waals surface area contributed by atoms with Crippen molar-refractivity contribution in [3.05, 3.63) is 57.8 Å². The number of nitrogens with one attached hydrogen (secondary N) is 1. The molecular formula is C19H26IN3OS. The fourth-order valence-corrected chi connectivity index (χ4v) is 3.59. The van der Waals surface area contributed by atoms with Crippen molar-refractivity contribution in [3.63, 3.8) is 0 Å². The maximum atomic E-state index is 6.03. The third-order valence-electron chi connectivity index (χ3n) is 4.20. The zero-order valence-corrected chi connectivity index (χ0v) is 17.9. The van der Waals surface area contributed by atoms with Crippen LogP contribution in [0.4, 0.5) is 0 Å². The van der Waals surface area contributed by atoms with Crippen molar-refractivity contribution in [1.82, 2.24) is 10.2 Å². The molecule has 2 heterocycles. The van der Waals surface area contributed by atoms with Crippen LogP contribution in [0.5, 0.6) is 0 Å². The molecule has 1 aromatic heterocycles. The zero-order chi connectivity index (χ0) is 16.8. The number of benzene rings is 1. The van der Waals surface area contributed by atoms with E-state index in [9.17, 15) is 0 Å². The minimum absolute atomic E-state index is 0. The Morgan fingerprint density at radius 2 is 2.16 bits per heavy atom. The van der Waals surface area contributed by atoms with Crippen LogP contribution in [-0.4, -0.2) is 37.1 Å². The quantitative estimate of drug-likeness (QED) is 0.413. The predicted molar refractivity (Wildman–Crippen MR) is 116 cm³/mol. The van der Waals surface area contributed by atoms with Crippen LogP contribution in [0, 0.1) is 6.92 Å². The summed E-state index contributed by atoms with van der Waals surface area (Å²) in [6.07, 6.45) is 0.102. The number of ether oxygens (including phenoxy) is 1. The molecule has 0 amide bonds. The lowest BCUT2D eigenvalue weighted by Gasteiger charge is -2.35. The third-order valence-corrected chi connectivity index (χ3v) is 5.06. The Morgan fingerprint density at radius 1 is 1.32 bits per heavy atom. The number of nitrogens with zero attached hydrogens (tertiary/aromatic N) is 2. The topological polar surface area (TPSA) is 36.9 Å². The predicted octanol–water partition coefficient (Wildman–Crippen LogP) is 4.21. The van der Waals surface area contributed by atoms with E-state index in [4.69, 9.17) is 9.73 Å². The molecule has 1 saturated heterocycles. The summed E-state index contributed by atoms with van der Waals surface area (Å²) in [4.78, 5) is 8.42. The first-order valence-electron chi connectivity index (χ1n) is 8.50. The lowest BCUT2D eigenvalue weighted by Crippen LogP contribution is -2.48. The van der Waals surface area contributed by atoms with Gasteiger partial charge in [-0.1, -0.05) is 30.3 Å². The van der Waals surface area contributed by atoms with Crippen molar-refractivity contribution in [2.75, 3.05) is 26.2 Å². The van der Waals surface area contributed by atoms with Crippen molar-refractivity contribution in [2.45, 2.75) is 26.5 Å². The molecule has 136 valence electrons. The summed E-state index contributed by atoms with van der Waals surface area (Å²) in [5.41, 5.74) is 2.56. The van der Waals surface area contributed by atoms with Gasteiger partial charge in [0.2, 0.25) is 0 Å². The van der Waals surface area contributed by atoms with Crippen LogP contribution in [0.2, 0.25) is 0 Å². The average molecular weight is 471 g/mol. The number of hydrogen-bond donors (Lipinski definition) is 1. The molecule has 1 atom stereocenters. The molecule has 1 fully saturated rings. The summed E-state index contributed by atoms with van der Waals surface area (Å²) >= 11 is 1.75. The van der Waals surface area contributed by atoms with Gasteiger partial charge in [-0.15, -0.1) is 35.3 Å². The molecule has 3 rings (SSSR count). The standard InChI is InChI=1S/C19H25N3OS.HI/c1-3-20-19(21-13-16-8-6-12-24-16)22-10-11-23-18(14-22)17-9-5-4-7-15(17)2;/h4-9,12,18H,3,10-11,13-14H2,1-2H3,(H,20,21);1H. The van der Waals surface area contributed by atoms with Crippen molar-refractivity contribution >= 4 is 41.3 Å². The van der Waals surface area contributed by atoms with Gasteiger partial charge < -0.3 is 15.0 Å². The van der Waals surface area contributed by atoms with E-state index >= 15 is 0 Å². The van der Waals surface area contributed by atoms with Gasteiger partial charge in [0.1, 0.15) is 6.10 Å². The van der Waals surface area contributed by atoms with Crippen LogP contribution in [-0.2, 0) is 11.3 Å². The fourth-order valence-electron chi connectivity index (χ4n) is 2.96. The second-order valence-corrected chi connectivity index (χ2v) is 6.94. The van der Waals surface area contributed by atoms with E-state index in [0.29, 0.717) is 0 Å². The average Bonchev–Trinajstić information content (AvgIpc) is 3.13. The summed E-state index contributed by atoms with van der Waals surface area (Å²) < 4.78 is 6.03.